The number of carbonyl (C=O) groups is 2. The van der Waals surface area contributed by atoms with Gasteiger partial charge < -0.3 is 10.6 Å². The van der Waals surface area contributed by atoms with Crippen LogP contribution in [-0.4, -0.2) is 21.6 Å². The first-order valence-corrected chi connectivity index (χ1v) is 8.70. The summed E-state index contributed by atoms with van der Waals surface area (Å²) in [6.45, 7) is 9.95. The number of amides is 2. The van der Waals surface area contributed by atoms with Crippen molar-refractivity contribution >= 4 is 29.0 Å². The Bertz CT molecular complexity index is 761. The molecule has 0 fully saturated rings. The van der Waals surface area contributed by atoms with Gasteiger partial charge in [0.05, 0.1) is 11.7 Å². The van der Waals surface area contributed by atoms with Crippen LogP contribution in [0.1, 0.15) is 40.9 Å². The Morgan fingerprint density at radius 2 is 1.83 bits per heavy atom. The first kappa shape index (κ1) is 18.2. The number of nitrogens with zero attached hydrogens (tertiary/aromatic N) is 2. The minimum absolute atomic E-state index is 0.174. The van der Waals surface area contributed by atoms with Gasteiger partial charge in [-0.3, -0.25) is 14.3 Å². The molecule has 0 aliphatic carbocycles. The highest BCUT2D eigenvalue weighted by atomic mass is 32.1. The number of hydrogen-bond acceptors (Lipinski definition) is 4. The van der Waals surface area contributed by atoms with Gasteiger partial charge in [0.1, 0.15) is 5.82 Å². The van der Waals surface area contributed by atoms with Crippen molar-refractivity contribution in [2.45, 2.75) is 40.7 Å². The average molecular weight is 348 g/mol. The molecule has 0 bridgehead atoms. The van der Waals surface area contributed by atoms with E-state index >= 15 is 0 Å². The third kappa shape index (κ3) is 4.03. The monoisotopic (exact) mass is 348 g/mol. The Labute approximate surface area is 146 Å². The zero-order chi connectivity index (χ0) is 18.0. The maximum atomic E-state index is 12.3. The molecule has 0 aliphatic heterocycles. The Balaban J connectivity index is 2.11. The van der Waals surface area contributed by atoms with E-state index in [1.807, 2.05) is 34.6 Å². The molecule has 7 heteroatoms. The summed E-state index contributed by atoms with van der Waals surface area (Å²) < 4.78 is 1.53. The van der Waals surface area contributed by atoms with E-state index in [1.165, 1.54) is 9.56 Å². The number of thiophene rings is 1. The SMILES string of the molecule is Cc1cc(NC(=O)C(=O)NC(c2cc(C)sc2C)C(C)C)n(C)n1. The van der Waals surface area contributed by atoms with Crippen LogP contribution in [0.4, 0.5) is 5.82 Å². The van der Waals surface area contributed by atoms with Crippen molar-refractivity contribution in [2.75, 3.05) is 5.32 Å². The topological polar surface area (TPSA) is 76.0 Å². The summed E-state index contributed by atoms with van der Waals surface area (Å²) in [5.74, 6) is -0.659. The molecule has 2 amide bonds. The van der Waals surface area contributed by atoms with Gasteiger partial charge in [-0.2, -0.15) is 5.10 Å². The van der Waals surface area contributed by atoms with Gasteiger partial charge in [-0.15, -0.1) is 11.3 Å². The summed E-state index contributed by atoms with van der Waals surface area (Å²) in [5.41, 5.74) is 1.85. The highest BCUT2D eigenvalue weighted by molar-refractivity contribution is 7.12. The predicted octanol–water partition coefficient (Wildman–Crippen LogP) is 2.86. The molecule has 2 aromatic heterocycles. The largest absolute Gasteiger partial charge is 0.341 e. The number of nitrogens with one attached hydrogen (secondary N) is 2. The highest BCUT2D eigenvalue weighted by Crippen LogP contribution is 2.30. The number of hydrogen-bond donors (Lipinski definition) is 2. The molecule has 0 aliphatic rings. The number of rotatable bonds is 4. The molecule has 2 rings (SSSR count). The van der Waals surface area contributed by atoms with E-state index in [2.05, 4.69) is 21.8 Å². The summed E-state index contributed by atoms with van der Waals surface area (Å²) >= 11 is 1.69. The van der Waals surface area contributed by atoms with Crippen LogP contribution < -0.4 is 10.6 Å². The third-order valence-corrected chi connectivity index (χ3v) is 4.80. The maximum absolute atomic E-state index is 12.3. The van der Waals surface area contributed by atoms with E-state index in [1.54, 1.807) is 24.5 Å². The zero-order valence-corrected chi connectivity index (χ0v) is 15.7. The van der Waals surface area contributed by atoms with E-state index in [0.717, 1.165) is 16.1 Å². The molecule has 2 aromatic rings. The fourth-order valence-corrected chi connectivity index (χ4v) is 3.64. The normalized spacial score (nSPS) is 12.3. The van der Waals surface area contributed by atoms with Gasteiger partial charge in [-0.05, 0) is 38.3 Å². The van der Waals surface area contributed by atoms with Gasteiger partial charge in [0.15, 0.2) is 0 Å². The molecule has 1 unspecified atom stereocenters. The number of aryl methyl sites for hydroxylation is 4. The lowest BCUT2D eigenvalue weighted by molar-refractivity contribution is -0.136. The zero-order valence-electron chi connectivity index (χ0n) is 14.9. The molecule has 2 heterocycles. The average Bonchev–Trinajstić information content (AvgIpc) is 2.96. The molecule has 0 aromatic carbocycles. The Hall–Kier alpha value is -2.15. The standard InChI is InChI=1S/C17H24N4O2S/c1-9(2)15(13-8-11(4)24-12(13)5)19-17(23)16(22)18-14-7-10(3)20-21(14)6/h7-9,15H,1-6H3,(H,18,22)(H,19,23). The molecule has 24 heavy (non-hydrogen) atoms. The lowest BCUT2D eigenvalue weighted by Gasteiger charge is -2.22. The second-order valence-corrected chi connectivity index (χ2v) is 7.77. The van der Waals surface area contributed by atoms with Crippen molar-refractivity contribution in [1.82, 2.24) is 15.1 Å². The Morgan fingerprint density at radius 1 is 1.17 bits per heavy atom. The number of aromatic nitrogens is 2. The maximum Gasteiger partial charge on any atom is 0.314 e. The summed E-state index contributed by atoms with van der Waals surface area (Å²) in [5, 5.41) is 9.60. The second kappa shape index (κ2) is 7.17. The molecule has 0 saturated heterocycles. The molecule has 6 nitrogen and oxygen atoms in total. The Morgan fingerprint density at radius 3 is 2.29 bits per heavy atom. The van der Waals surface area contributed by atoms with Crippen molar-refractivity contribution in [2.24, 2.45) is 13.0 Å². The van der Waals surface area contributed by atoms with Crippen molar-refractivity contribution in [3.8, 4) is 0 Å². The molecule has 2 N–H and O–H groups in total. The van der Waals surface area contributed by atoms with Crippen molar-refractivity contribution in [3.63, 3.8) is 0 Å². The van der Waals surface area contributed by atoms with Crippen LogP contribution in [0.5, 0.6) is 0 Å². The molecule has 0 spiro atoms. The van der Waals surface area contributed by atoms with E-state index in [9.17, 15) is 9.59 Å². The van der Waals surface area contributed by atoms with Crippen molar-refractivity contribution in [3.05, 3.63) is 33.1 Å². The first-order chi connectivity index (χ1) is 11.2. The minimum Gasteiger partial charge on any atom is -0.341 e. The van der Waals surface area contributed by atoms with Gasteiger partial charge in [-0.1, -0.05) is 13.8 Å². The quantitative estimate of drug-likeness (QED) is 0.834. The Kier molecular flexibility index (Phi) is 5.43. The van der Waals surface area contributed by atoms with Crippen LogP contribution in [0.15, 0.2) is 12.1 Å². The third-order valence-electron chi connectivity index (χ3n) is 3.82. The molecule has 0 radical (unpaired) electrons. The highest BCUT2D eigenvalue weighted by Gasteiger charge is 2.25. The molecule has 1 atom stereocenters. The lowest BCUT2D eigenvalue weighted by Crippen LogP contribution is -2.39. The minimum atomic E-state index is -0.687. The predicted molar refractivity (Wildman–Crippen MR) is 96.1 cm³/mol. The van der Waals surface area contributed by atoms with Crippen LogP contribution in [0, 0.1) is 26.7 Å². The van der Waals surface area contributed by atoms with Gasteiger partial charge in [0.2, 0.25) is 0 Å². The molecule has 0 saturated carbocycles. The van der Waals surface area contributed by atoms with E-state index < -0.39 is 11.8 Å². The van der Waals surface area contributed by atoms with Crippen LogP contribution >= 0.6 is 11.3 Å². The molecular weight excluding hydrogens is 324 g/mol. The fraction of sp³-hybridized carbons (Fsp3) is 0.471. The van der Waals surface area contributed by atoms with Gasteiger partial charge in [-0.25, -0.2) is 0 Å². The fourth-order valence-electron chi connectivity index (χ4n) is 2.67. The first-order valence-electron chi connectivity index (χ1n) is 7.88. The number of anilines is 1. The van der Waals surface area contributed by atoms with Crippen molar-refractivity contribution < 1.29 is 9.59 Å². The molecular formula is C17H24N4O2S. The second-order valence-electron chi connectivity index (χ2n) is 6.31. The summed E-state index contributed by atoms with van der Waals surface area (Å²) in [6, 6.07) is 3.60. The van der Waals surface area contributed by atoms with Crippen LogP contribution in [0.25, 0.3) is 0 Å². The number of carbonyl (C=O) groups excluding carboxylic acids is 2. The van der Waals surface area contributed by atoms with Crippen LogP contribution in [-0.2, 0) is 16.6 Å². The summed E-state index contributed by atoms with van der Waals surface area (Å²) in [7, 11) is 1.72. The summed E-state index contributed by atoms with van der Waals surface area (Å²) in [4.78, 5) is 26.9. The summed E-state index contributed by atoms with van der Waals surface area (Å²) in [6.07, 6.45) is 0. The van der Waals surface area contributed by atoms with Crippen LogP contribution in [0.3, 0.4) is 0 Å². The van der Waals surface area contributed by atoms with Crippen LogP contribution in [0.2, 0.25) is 0 Å². The van der Waals surface area contributed by atoms with E-state index in [4.69, 9.17) is 0 Å². The van der Waals surface area contributed by atoms with Gasteiger partial charge in [0.25, 0.3) is 0 Å². The van der Waals surface area contributed by atoms with Crippen molar-refractivity contribution in [1.29, 1.82) is 0 Å². The molecule has 130 valence electrons. The van der Waals surface area contributed by atoms with E-state index in [0.29, 0.717) is 5.82 Å². The van der Waals surface area contributed by atoms with E-state index in [-0.39, 0.29) is 12.0 Å². The van der Waals surface area contributed by atoms with Gasteiger partial charge >= 0.3 is 11.8 Å². The lowest BCUT2D eigenvalue weighted by atomic mass is 9.96. The van der Waals surface area contributed by atoms with Gasteiger partial charge in [0, 0.05) is 22.9 Å². The smallest absolute Gasteiger partial charge is 0.314 e.